The van der Waals surface area contributed by atoms with Crippen molar-refractivity contribution in [2.24, 2.45) is 0 Å². The predicted octanol–water partition coefficient (Wildman–Crippen LogP) is -7.34. The molecule has 0 unspecified atom stereocenters. The number of carbonyl (C=O) groups is 2. The SMILES string of the molecule is O=C([O-])CCCNC(=S)SCCCC(=O)[O-].[Na+].[Na+]. The molecule has 18 heavy (non-hydrogen) atoms. The summed E-state index contributed by atoms with van der Waals surface area (Å²) in [5.41, 5.74) is 0. The molecule has 0 aliphatic rings. The number of aliphatic carboxylic acids is 2. The van der Waals surface area contributed by atoms with Gasteiger partial charge in [0.05, 0.1) is 0 Å². The fourth-order valence-corrected chi connectivity index (χ4v) is 1.89. The van der Waals surface area contributed by atoms with E-state index in [1.54, 1.807) is 0 Å². The van der Waals surface area contributed by atoms with E-state index in [1.165, 1.54) is 11.8 Å². The number of carboxylic acid groups (broad SMARTS) is 2. The fourth-order valence-electron chi connectivity index (χ4n) is 0.856. The number of thioether (sulfide) groups is 1. The van der Waals surface area contributed by atoms with Gasteiger partial charge >= 0.3 is 59.1 Å². The summed E-state index contributed by atoms with van der Waals surface area (Å²) in [7, 11) is 0. The Hall–Kier alpha value is 1.18. The van der Waals surface area contributed by atoms with Crippen molar-refractivity contribution in [1.29, 1.82) is 0 Å². The molecule has 0 aliphatic carbocycles. The Morgan fingerprint density at radius 1 is 1.06 bits per heavy atom. The Labute approximate surface area is 160 Å². The molecule has 0 bridgehead atoms. The van der Waals surface area contributed by atoms with E-state index in [0.717, 1.165) is 0 Å². The quantitative estimate of drug-likeness (QED) is 0.270. The second-order valence-corrected chi connectivity index (χ2v) is 4.79. The number of carbonyl (C=O) groups excluding carboxylic acids is 2. The summed E-state index contributed by atoms with van der Waals surface area (Å²) >= 11 is 6.28. The van der Waals surface area contributed by atoms with Gasteiger partial charge in [0.1, 0.15) is 4.32 Å². The average Bonchev–Trinajstić information content (AvgIpc) is 2.19. The molecule has 0 aromatic heterocycles. The van der Waals surface area contributed by atoms with Gasteiger partial charge in [0.25, 0.3) is 0 Å². The molecular formula is C9H13NNa2O4S2. The third-order valence-electron chi connectivity index (χ3n) is 1.59. The number of nitrogens with one attached hydrogen (secondary N) is 1. The van der Waals surface area contributed by atoms with Crippen molar-refractivity contribution in [3.8, 4) is 0 Å². The molecule has 0 aromatic rings. The molecule has 1 N–H and O–H groups in total. The van der Waals surface area contributed by atoms with Crippen LogP contribution in [0.1, 0.15) is 25.7 Å². The molecule has 0 atom stereocenters. The van der Waals surface area contributed by atoms with Gasteiger partial charge in [-0.25, -0.2) is 0 Å². The number of thiocarbonyl (C=S) groups is 1. The number of hydrogen-bond donors (Lipinski definition) is 1. The Morgan fingerprint density at radius 3 is 2.06 bits per heavy atom. The first-order chi connectivity index (χ1) is 7.52. The molecule has 9 heteroatoms. The van der Waals surface area contributed by atoms with E-state index in [4.69, 9.17) is 12.2 Å². The van der Waals surface area contributed by atoms with Crippen molar-refractivity contribution in [3.05, 3.63) is 0 Å². The fraction of sp³-hybridized carbons (Fsp3) is 0.667. The number of hydrogen-bond acceptors (Lipinski definition) is 6. The van der Waals surface area contributed by atoms with Crippen molar-refractivity contribution in [2.75, 3.05) is 12.3 Å². The predicted molar refractivity (Wildman–Crippen MR) is 61.5 cm³/mol. The van der Waals surface area contributed by atoms with Crippen LogP contribution in [0.25, 0.3) is 0 Å². The van der Waals surface area contributed by atoms with Gasteiger partial charge in [0, 0.05) is 24.2 Å². The maximum Gasteiger partial charge on any atom is 1.00 e. The summed E-state index contributed by atoms with van der Waals surface area (Å²) in [6.45, 7) is 0.486. The van der Waals surface area contributed by atoms with E-state index in [-0.39, 0.29) is 72.0 Å². The summed E-state index contributed by atoms with van der Waals surface area (Å²) in [5.74, 6) is -1.52. The zero-order valence-corrected chi connectivity index (χ0v) is 16.3. The Bertz CT molecular complexity index is 243. The Balaban J connectivity index is -0.00000112. The monoisotopic (exact) mass is 309 g/mol. The summed E-state index contributed by atoms with van der Waals surface area (Å²) in [4.78, 5) is 20.2. The van der Waals surface area contributed by atoms with E-state index < -0.39 is 11.9 Å². The Morgan fingerprint density at radius 2 is 1.56 bits per heavy atom. The standard InChI is InChI=1S/C9H15NO4S2.2Na/c11-7(12)3-1-5-10-9(15)16-6-2-4-8(13)14;;/h1-6H2,(H,10,15)(H,11,12)(H,13,14);;/q;2*+1/p-2. The molecule has 5 nitrogen and oxygen atoms in total. The zero-order valence-electron chi connectivity index (χ0n) is 10.7. The van der Waals surface area contributed by atoms with Crippen LogP contribution in [-0.2, 0) is 9.59 Å². The second-order valence-electron chi connectivity index (χ2n) is 3.01. The smallest absolute Gasteiger partial charge is 0.550 e. The summed E-state index contributed by atoms with van der Waals surface area (Å²) in [6.07, 6.45) is 1.00. The van der Waals surface area contributed by atoms with Gasteiger partial charge in [-0.2, -0.15) is 0 Å². The van der Waals surface area contributed by atoms with E-state index in [1.807, 2.05) is 0 Å². The third kappa shape index (κ3) is 19.5. The van der Waals surface area contributed by atoms with Crippen molar-refractivity contribution >= 4 is 40.2 Å². The maximum atomic E-state index is 10.1. The van der Waals surface area contributed by atoms with Crippen molar-refractivity contribution < 1.29 is 78.9 Å². The molecule has 0 saturated heterocycles. The summed E-state index contributed by atoms with van der Waals surface area (Å²) < 4.78 is 0.552. The first-order valence-electron chi connectivity index (χ1n) is 4.82. The minimum Gasteiger partial charge on any atom is -0.550 e. The molecular weight excluding hydrogens is 296 g/mol. The van der Waals surface area contributed by atoms with Gasteiger partial charge in [-0.3, -0.25) is 0 Å². The van der Waals surface area contributed by atoms with Crippen LogP contribution in [0.5, 0.6) is 0 Å². The molecule has 0 radical (unpaired) electrons. The molecule has 0 fully saturated rings. The van der Waals surface area contributed by atoms with E-state index in [9.17, 15) is 19.8 Å². The molecule has 0 aliphatic heterocycles. The van der Waals surface area contributed by atoms with Gasteiger partial charge in [-0.1, -0.05) is 24.0 Å². The average molecular weight is 309 g/mol. The largest absolute Gasteiger partial charge is 1.00 e. The number of rotatable bonds is 8. The minimum absolute atomic E-state index is 0. The Kier molecular flexibility index (Phi) is 21.8. The van der Waals surface area contributed by atoms with Crippen molar-refractivity contribution in [2.45, 2.75) is 25.7 Å². The molecule has 0 saturated carbocycles. The molecule has 0 rings (SSSR count). The molecule has 92 valence electrons. The van der Waals surface area contributed by atoms with Crippen LogP contribution >= 0.6 is 24.0 Å². The number of carboxylic acids is 2. The molecule has 0 aromatic carbocycles. The van der Waals surface area contributed by atoms with Crippen LogP contribution in [0.4, 0.5) is 0 Å². The van der Waals surface area contributed by atoms with Gasteiger partial charge in [-0.15, -0.1) is 0 Å². The van der Waals surface area contributed by atoms with Crippen molar-refractivity contribution in [3.63, 3.8) is 0 Å². The first-order valence-corrected chi connectivity index (χ1v) is 6.22. The van der Waals surface area contributed by atoms with Gasteiger partial charge < -0.3 is 25.1 Å². The molecule has 0 spiro atoms. The molecule has 0 amide bonds. The third-order valence-corrected chi connectivity index (χ3v) is 2.98. The topological polar surface area (TPSA) is 92.3 Å². The van der Waals surface area contributed by atoms with Crippen LogP contribution in [-0.4, -0.2) is 28.6 Å². The van der Waals surface area contributed by atoms with E-state index in [2.05, 4.69) is 5.32 Å². The summed E-state index contributed by atoms with van der Waals surface area (Å²) in [5, 5.41) is 23.0. The second kappa shape index (κ2) is 16.2. The van der Waals surface area contributed by atoms with Crippen LogP contribution in [0.2, 0.25) is 0 Å². The zero-order chi connectivity index (χ0) is 12.4. The van der Waals surface area contributed by atoms with Crippen molar-refractivity contribution in [1.82, 2.24) is 5.32 Å². The van der Waals surface area contributed by atoms with Gasteiger partial charge in [-0.05, 0) is 25.7 Å². The van der Waals surface area contributed by atoms with Gasteiger partial charge in [0.2, 0.25) is 0 Å². The van der Waals surface area contributed by atoms with E-state index >= 15 is 0 Å². The minimum atomic E-state index is -1.07. The van der Waals surface area contributed by atoms with Gasteiger partial charge in [0.15, 0.2) is 0 Å². The van der Waals surface area contributed by atoms with Crippen LogP contribution < -0.4 is 74.6 Å². The normalized spacial score (nSPS) is 8.67. The van der Waals surface area contributed by atoms with E-state index in [0.29, 0.717) is 29.5 Å². The first kappa shape index (κ1) is 24.2. The van der Waals surface area contributed by atoms with Crippen LogP contribution in [0, 0.1) is 0 Å². The molecule has 0 heterocycles. The summed E-state index contributed by atoms with van der Waals surface area (Å²) in [6, 6.07) is 0. The van der Waals surface area contributed by atoms with Crippen LogP contribution in [0.3, 0.4) is 0 Å². The van der Waals surface area contributed by atoms with Crippen LogP contribution in [0.15, 0.2) is 0 Å². The maximum absolute atomic E-state index is 10.1.